The predicted molar refractivity (Wildman–Crippen MR) is 187 cm³/mol. The fourth-order valence-corrected chi connectivity index (χ4v) is 5.34. The zero-order valence-corrected chi connectivity index (χ0v) is 26.0. The Morgan fingerprint density at radius 2 is 1.77 bits per heavy atom. The minimum atomic E-state index is 0.605. The molecule has 0 saturated carbocycles. The summed E-state index contributed by atoms with van der Waals surface area (Å²) in [5.74, 6) is 0.820. The highest BCUT2D eigenvalue weighted by atomic mass is 32.1. The van der Waals surface area contributed by atoms with Crippen molar-refractivity contribution in [1.82, 2.24) is 15.3 Å². The summed E-state index contributed by atoms with van der Waals surface area (Å²) in [7, 11) is 1.89. The standard InChI is InChI=1S/C35H37N5S.C2H2/c1-7-28(22-31(8-2)39-24(3)19-27-13-10-9-11-14-27)30-21-29(35(36-6)38-23-30)20-25(4)40-32-16-17-37-34(26(32)5)33-15-12-18-41-33;1-2/h7-18,21-23,39H,2-4,19-20H2,1,5-6H3,(H,36,38)(H,37,40);1-2H/b28-7+,31-22+;. The van der Waals surface area contributed by atoms with Gasteiger partial charge < -0.3 is 16.0 Å². The van der Waals surface area contributed by atoms with E-state index in [4.69, 9.17) is 4.98 Å². The van der Waals surface area contributed by atoms with Gasteiger partial charge in [0.2, 0.25) is 0 Å². The lowest BCUT2D eigenvalue weighted by atomic mass is 10.0. The van der Waals surface area contributed by atoms with Crippen LogP contribution in [0.15, 0.2) is 127 Å². The van der Waals surface area contributed by atoms with Gasteiger partial charge >= 0.3 is 0 Å². The van der Waals surface area contributed by atoms with Gasteiger partial charge in [-0.15, -0.1) is 24.2 Å². The molecule has 4 aromatic rings. The van der Waals surface area contributed by atoms with Crippen molar-refractivity contribution in [2.45, 2.75) is 26.7 Å². The number of nitrogens with zero attached hydrogens (tertiary/aromatic N) is 2. The number of hydrogen-bond acceptors (Lipinski definition) is 6. The molecule has 218 valence electrons. The Labute approximate surface area is 260 Å². The van der Waals surface area contributed by atoms with E-state index in [0.717, 1.165) is 67.9 Å². The van der Waals surface area contributed by atoms with Crippen molar-refractivity contribution in [2.75, 3.05) is 17.7 Å². The zero-order valence-electron chi connectivity index (χ0n) is 25.2. The van der Waals surface area contributed by atoms with Gasteiger partial charge in [-0.3, -0.25) is 4.98 Å². The Morgan fingerprint density at radius 3 is 2.42 bits per heavy atom. The average molecular weight is 586 g/mol. The number of benzene rings is 1. The van der Waals surface area contributed by atoms with Gasteiger partial charge in [0.15, 0.2) is 0 Å². The van der Waals surface area contributed by atoms with Crippen LogP contribution in [0.25, 0.3) is 16.1 Å². The molecule has 0 aliphatic heterocycles. The van der Waals surface area contributed by atoms with Crippen molar-refractivity contribution >= 4 is 28.4 Å². The van der Waals surface area contributed by atoms with E-state index in [1.807, 2.05) is 62.8 Å². The second-order valence-electron chi connectivity index (χ2n) is 9.64. The highest BCUT2D eigenvalue weighted by molar-refractivity contribution is 7.13. The molecule has 3 aromatic heterocycles. The first-order valence-corrected chi connectivity index (χ1v) is 14.7. The molecular formula is C37H39N5S. The van der Waals surface area contributed by atoms with Gasteiger partial charge in [-0.2, -0.15) is 0 Å². The van der Waals surface area contributed by atoms with E-state index < -0.39 is 0 Å². The lowest BCUT2D eigenvalue weighted by Crippen LogP contribution is -2.12. The fourth-order valence-electron chi connectivity index (χ4n) is 4.56. The third-order valence-electron chi connectivity index (χ3n) is 6.63. The Morgan fingerprint density at radius 1 is 1.00 bits per heavy atom. The molecule has 0 aliphatic carbocycles. The summed E-state index contributed by atoms with van der Waals surface area (Å²) in [5, 5.41) is 12.2. The third-order valence-corrected chi connectivity index (χ3v) is 7.51. The smallest absolute Gasteiger partial charge is 0.129 e. The first kappa shape index (κ1) is 32.4. The van der Waals surface area contributed by atoms with Gasteiger partial charge in [-0.05, 0) is 66.3 Å². The van der Waals surface area contributed by atoms with E-state index in [1.165, 1.54) is 5.56 Å². The summed E-state index contributed by atoms with van der Waals surface area (Å²) in [4.78, 5) is 10.5. The van der Waals surface area contributed by atoms with Gasteiger partial charge in [-0.1, -0.05) is 62.2 Å². The van der Waals surface area contributed by atoms with Crippen molar-refractivity contribution in [3.05, 3.63) is 150 Å². The van der Waals surface area contributed by atoms with Crippen molar-refractivity contribution in [2.24, 2.45) is 0 Å². The van der Waals surface area contributed by atoms with E-state index in [1.54, 1.807) is 11.3 Å². The maximum absolute atomic E-state index is 4.72. The van der Waals surface area contributed by atoms with Crippen molar-refractivity contribution in [1.29, 1.82) is 0 Å². The van der Waals surface area contributed by atoms with Crippen LogP contribution in [0, 0.1) is 19.8 Å². The molecule has 0 unspecified atom stereocenters. The Bertz CT molecular complexity index is 1630. The van der Waals surface area contributed by atoms with Gasteiger partial charge in [0.25, 0.3) is 0 Å². The monoisotopic (exact) mass is 585 g/mol. The number of allylic oxidation sites excluding steroid dienone is 6. The summed E-state index contributed by atoms with van der Waals surface area (Å²) < 4.78 is 0. The molecule has 6 heteroatoms. The van der Waals surface area contributed by atoms with Crippen LogP contribution < -0.4 is 16.0 Å². The lowest BCUT2D eigenvalue weighted by molar-refractivity contribution is 0.942. The molecule has 1 aromatic carbocycles. The van der Waals surface area contributed by atoms with Crippen LogP contribution >= 0.6 is 11.3 Å². The van der Waals surface area contributed by atoms with Gasteiger partial charge in [0, 0.05) is 66.2 Å². The molecule has 4 rings (SSSR count). The largest absolute Gasteiger partial charge is 0.373 e. The molecule has 0 radical (unpaired) electrons. The summed E-state index contributed by atoms with van der Waals surface area (Å²) in [5.41, 5.74) is 10.0. The maximum Gasteiger partial charge on any atom is 0.129 e. The lowest BCUT2D eigenvalue weighted by Gasteiger charge is -2.16. The molecule has 0 saturated heterocycles. The van der Waals surface area contributed by atoms with E-state index in [0.29, 0.717) is 6.42 Å². The quantitative estimate of drug-likeness (QED) is 0.108. The molecule has 0 fully saturated rings. The minimum Gasteiger partial charge on any atom is -0.373 e. The van der Waals surface area contributed by atoms with E-state index in [9.17, 15) is 0 Å². The van der Waals surface area contributed by atoms with E-state index >= 15 is 0 Å². The summed E-state index contributed by atoms with van der Waals surface area (Å²) >= 11 is 1.69. The zero-order chi connectivity index (χ0) is 31.2. The molecular weight excluding hydrogens is 547 g/mol. The molecule has 0 atom stereocenters. The molecule has 0 amide bonds. The first-order valence-electron chi connectivity index (χ1n) is 13.9. The minimum absolute atomic E-state index is 0.605. The second kappa shape index (κ2) is 16.4. The maximum atomic E-state index is 4.72. The number of aromatic nitrogens is 2. The second-order valence-corrected chi connectivity index (χ2v) is 10.6. The topological polar surface area (TPSA) is 61.9 Å². The highest BCUT2D eigenvalue weighted by Crippen LogP contribution is 2.31. The summed E-state index contributed by atoms with van der Waals surface area (Å²) in [6.07, 6.45) is 19.0. The molecule has 0 bridgehead atoms. The van der Waals surface area contributed by atoms with Crippen LogP contribution in [-0.2, 0) is 12.8 Å². The van der Waals surface area contributed by atoms with Gasteiger partial charge in [-0.25, -0.2) is 4.98 Å². The van der Waals surface area contributed by atoms with Crippen LogP contribution in [0.5, 0.6) is 0 Å². The van der Waals surface area contributed by atoms with Gasteiger partial charge in [0.1, 0.15) is 5.82 Å². The molecule has 0 spiro atoms. The molecule has 3 N–H and O–H groups in total. The number of pyridine rings is 2. The van der Waals surface area contributed by atoms with E-state index in [-0.39, 0.29) is 0 Å². The van der Waals surface area contributed by atoms with Crippen LogP contribution in [0.1, 0.15) is 29.2 Å². The molecule has 0 aliphatic rings. The number of hydrogen-bond donors (Lipinski definition) is 3. The Balaban J connectivity index is 0.00000248. The Kier molecular flexibility index (Phi) is 12.3. The predicted octanol–water partition coefficient (Wildman–Crippen LogP) is 8.79. The molecule has 3 heterocycles. The van der Waals surface area contributed by atoms with Crippen LogP contribution in [0.4, 0.5) is 11.5 Å². The number of terminal acetylenes is 1. The van der Waals surface area contributed by atoms with Crippen LogP contribution in [-0.4, -0.2) is 17.0 Å². The normalized spacial score (nSPS) is 11.1. The van der Waals surface area contributed by atoms with Crippen molar-refractivity contribution in [3.63, 3.8) is 0 Å². The number of anilines is 2. The van der Waals surface area contributed by atoms with Crippen molar-refractivity contribution < 1.29 is 0 Å². The SMILES string of the molecule is C#C.C=C/C(=C\C(=C/C)c1cnc(NC)c(CC(=C)Nc2ccnc(-c3cccs3)c2C)c1)NC(=C)Cc1ccccc1. The average Bonchev–Trinajstić information content (AvgIpc) is 3.56. The fraction of sp³-hybridized carbons (Fsp3) is 0.135. The van der Waals surface area contributed by atoms with Crippen LogP contribution in [0.3, 0.4) is 0 Å². The summed E-state index contributed by atoms with van der Waals surface area (Å²) in [6.45, 7) is 16.7. The summed E-state index contributed by atoms with van der Waals surface area (Å²) in [6, 6.07) is 18.6. The third kappa shape index (κ3) is 8.93. The van der Waals surface area contributed by atoms with Crippen LogP contribution in [0.2, 0.25) is 0 Å². The van der Waals surface area contributed by atoms with Gasteiger partial charge in [0.05, 0.1) is 10.6 Å². The molecule has 43 heavy (non-hydrogen) atoms. The Hall–Kier alpha value is -5.12. The molecule has 5 nitrogen and oxygen atoms in total. The number of nitrogens with one attached hydrogen (secondary N) is 3. The highest BCUT2D eigenvalue weighted by Gasteiger charge is 2.12. The van der Waals surface area contributed by atoms with Crippen molar-refractivity contribution in [3.8, 4) is 23.4 Å². The first-order chi connectivity index (χ1) is 20.9. The van der Waals surface area contributed by atoms with E-state index in [2.05, 4.69) is 102 Å². The number of rotatable bonds is 13. The number of thiophene rings is 1.